The monoisotopic (exact) mass is 315 g/mol. The zero-order chi connectivity index (χ0) is 15.8. The number of nitrogens with zero attached hydrogens (tertiary/aromatic N) is 1. The highest BCUT2D eigenvalue weighted by Gasteiger charge is 2.08. The second kappa shape index (κ2) is 8.72. The number of benzene rings is 2. The summed E-state index contributed by atoms with van der Waals surface area (Å²) >= 11 is 5.93. The van der Waals surface area contributed by atoms with Gasteiger partial charge in [-0.25, -0.2) is 0 Å². The lowest BCUT2D eigenvalue weighted by atomic mass is 10.1. The fourth-order valence-corrected chi connectivity index (χ4v) is 2.65. The lowest BCUT2D eigenvalue weighted by molar-refractivity contribution is 0.0974. The van der Waals surface area contributed by atoms with E-state index in [9.17, 15) is 4.79 Å². The van der Waals surface area contributed by atoms with Crippen LogP contribution in [0, 0.1) is 0 Å². The van der Waals surface area contributed by atoms with Crippen LogP contribution in [0.15, 0.2) is 54.6 Å². The predicted molar refractivity (Wildman–Crippen MR) is 92.4 cm³/mol. The fraction of sp³-hybridized carbons (Fsp3) is 0.316. The van der Waals surface area contributed by atoms with Gasteiger partial charge in [0.05, 0.1) is 0 Å². The molecule has 0 fully saturated rings. The average Bonchev–Trinajstić information content (AvgIpc) is 2.54. The van der Waals surface area contributed by atoms with Crippen molar-refractivity contribution >= 4 is 17.4 Å². The van der Waals surface area contributed by atoms with Crippen molar-refractivity contribution in [2.75, 3.05) is 13.1 Å². The molecule has 0 N–H and O–H groups in total. The van der Waals surface area contributed by atoms with Crippen LogP contribution in [0.1, 0.15) is 35.7 Å². The topological polar surface area (TPSA) is 20.3 Å². The molecule has 0 amide bonds. The Hall–Kier alpha value is -1.64. The molecule has 0 spiro atoms. The Morgan fingerprint density at radius 1 is 1.09 bits per heavy atom. The summed E-state index contributed by atoms with van der Waals surface area (Å²) in [6, 6.07) is 17.6. The SMILES string of the molecule is CCN(CCCC(=O)c1cccc(Cl)c1)Cc1ccccc1. The maximum absolute atomic E-state index is 12.1. The van der Waals surface area contributed by atoms with Crippen LogP contribution in [0.4, 0.5) is 0 Å². The Kier molecular flexibility index (Phi) is 6.63. The zero-order valence-electron chi connectivity index (χ0n) is 13.0. The van der Waals surface area contributed by atoms with Gasteiger partial charge in [-0.1, -0.05) is 61.0 Å². The summed E-state index contributed by atoms with van der Waals surface area (Å²) in [5, 5.41) is 0.616. The largest absolute Gasteiger partial charge is 0.299 e. The number of carbonyl (C=O) groups excluding carboxylic acids is 1. The summed E-state index contributed by atoms with van der Waals surface area (Å²) in [6.07, 6.45) is 1.43. The molecular weight excluding hydrogens is 294 g/mol. The predicted octanol–water partition coefficient (Wildman–Crippen LogP) is 4.83. The summed E-state index contributed by atoms with van der Waals surface area (Å²) in [7, 11) is 0. The van der Waals surface area contributed by atoms with Crippen LogP contribution in [0.5, 0.6) is 0 Å². The molecule has 116 valence electrons. The smallest absolute Gasteiger partial charge is 0.162 e. The van der Waals surface area contributed by atoms with Gasteiger partial charge in [0.15, 0.2) is 5.78 Å². The summed E-state index contributed by atoms with van der Waals surface area (Å²) in [6.45, 7) is 5.00. The first-order valence-electron chi connectivity index (χ1n) is 7.74. The van der Waals surface area contributed by atoms with E-state index < -0.39 is 0 Å². The van der Waals surface area contributed by atoms with Gasteiger partial charge in [0.25, 0.3) is 0 Å². The first-order valence-corrected chi connectivity index (χ1v) is 8.12. The molecular formula is C19H22ClNO. The Balaban J connectivity index is 1.80. The third-order valence-corrected chi connectivity index (χ3v) is 3.96. The molecule has 0 saturated heterocycles. The van der Waals surface area contributed by atoms with Crippen LogP contribution in [0.25, 0.3) is 0 Å². The molecule has 22 heavy (non-hydrogen) atoms. The van der Waals surface area contributed by atoms with Crippen LogP contribution in [0.3, 0.4) is 0 Å². The Bertz CT molecular complexity index is 597. The van der Waals surface area contributed by atoms with Gasteiger partial charge < -0.3 is 0 Å². The summed E-state index contributed by atoms with van der Waals surface area (Å²) in [5.41, 5.74) is 2.02. The molecule has 0 bridgehead atoms. The molecule has 0 radical (unpaired) electrons. The quantitative estimate of drug-likeness (QED) is 0.651. The maximum Gasteiger partial charge on any atom is 0.162 e. The van der Waals surface area contributed by atoms with Crippen molar-refractivity contribution in [2.24, 2.45) is 0 Å². The van der Waals surface area contributed by atoms with Crippen LogP contribution in [-0.4, -0.2) is 23.8 Å². The third kappa shape index (κ3) is 5.28. The van der Waals surface area contributed by atoms with E-state index in [2.05, 4.69) is 36.1 Å². The number of halogens is 1. The van der Waals surface area contributed by atoms with E-state index in [1.807, 2.05) is 18.2 Å². The van der Waals surface area contributed by atoms with Gasteiger partial charge in [-0.05, 0) is 37.2 Å². The molecule has 2 rings (SSSR count). The van der Waals surface area contributed by atoms with Crippen LogP contribution in [-0.2, 0) is 6.54 Å². The molecule has 0 unspecified atom stereocenters. The molecule has 0 aliphatic heterocycles. The summed E-state index contributed by atoms with van der Waals surface area (Å²) < 4.78 is 0. The molecule has 2 aromatic rings. The molecule has 2 aromatic carbocycles. The van der Waals surface area contributed by atoms with Gasteiger partial charge in [-0.15, -0.1) is 0 Å². The van der Waals surface area contributed by atoms with Gasteiger partial charge in [0.1, 0.15) is 0 Å². The number of ketones is 1. The van der Waals surface area contributed by atoms with E-state index in [-0.39, 0.29) is 5.78 Å². The lowest BCUT2D eigenvalue weighted by Gasteiger charge is -2.20. The average molecular weight is 316 g/mol. The third-order valence-electron chi connectivity index (χ3n) is 3.72. The molecule has 0 heterocycles. The van der Waals surface area contributed by atoms with Crippen molar-refractivity contribution < 1.29 is 4.79 Å². The second-order valence-electron chi connectivity index (χ2n) is 5.39. The van der Waals surface area contributed by atoms with E-state index in [0.29, 0.717) is 17.0 Å². The summed E-state index contributed by atoms with van der Waals surface area (Å²) in [5.74, 6) is 0.165. The Morgan fingerprint density at radius 2 is 1.86 bits per heavy atom. The minimum Gasteiger partial charge on any atom is -0.299 e. The Morgan fingerprint density at radius 3 is 2.55 bits per heavy atom. The lowest BCUT2D eigenvalue weighted by Crippen LogP contribution is -2.24. The van der Waals surface area contributed by atoms with Crippen LogP contribution >= 0.6 is 11.6 Å². The fourth-order valence-electron chi connectivity index (χ4n) is 2.46. The Labute approximate surface area is 137 Å². The van der Waals surface area contributed by atoms with E-state index in [0.717, 1.165) is 26.1 Å². The van der Waals surface area contributed by atoms with Crippen molar-refractivity contribution in [1.29, 1.82) is 0 Å². The standard InChI is InChI=1S/C19H22ClNO/c1-2-21(15-16-8-4-3-5-9-16)13-7-12-19(22)17-10-6-11-18(20)14-17/h3-6,8-11,14H,2,7,12-13,15H2,1H3. The number of hydrogen-bond acceptors (Lipinski definition) is 2. The summed E-state index contributed by atoms with van der Waals surface area (Å²) in [4.78, 5) is 14.5. The van der Waals surface area contributed by atoms with E-state index in [1.165, 1.54) is 5.56 Å². The molecule has 2 nitrogen and oxygen atoms in total. The molecule has 0 atom stereocenters. The highest BCUT2D eigenvalue weighted by atomic mass is 35.5. The molecule has 0 aliphatic rings. The van der Waals surface area contributed by atoms with Crippen molar-refractivity contribution in [3.05, 3.63) is 70.7 Å². The number of rotatable bonds is 8. The second-order valence-corrected chi connectivity index (χ2v) is 5.83. The van der Waals surface area contributed by atoms with Gasteiger partial charge in [-0.3, -0.25) is 9.69 Å². The normalized spacial score (nSPS) is 10.9. The van der Waals surface area contributed by atoms with Crippen molar-refractivity contribution in [1.82, 2.24) is 4.90 Å². The van der Waals surface area contributed by atoms with Crippen molar-refractivity contribution in [2.45, 2.75) is 26.3 Å². The number of hydrogen-bond donors (Lipinski definition) is 0. The maximum atomic E-state index is 12.1. The van der Waals surface area contributed by atoms with Crippen molar-refractivity contribution in [3.8, 4) is 0 Å². The van der Waals surface area contributed by atoms with Crippen LogP contribution < -0.4 is 0 Å². The van der Waals surface area contributed by atoms with Gasteiger partial charge in [-0.2, -0.15) is 0 Å². The van der Waals surface area contributed by atoms with Crippen molar-refractivity contribution in [3.63, 3.8) is 0 Å². The number of carbonyl (C=O) groups is 1. The highest BCUT2D eigenvalue weighted by molar-refractivity contribution is 6.31. The minimum atomic E-state index is 0.165. The molecule has 0 aliphatic carbocycles. The van der Waals surface area contributed by atoms with Gasteiger partial charge in [0, 0.05) is 23.6 Å². The zero-order valence-corrected chi connectivity index (χ0v) is 13.7. The first-order chi connectivity index (χ1) is 10.7. The van der Waals surface area contributed by atoms with Gasteiger partial charge >= 0.3 is 0 Å². The van der Waals surface area contributed by atoms with E-state index in [4.69, 9.17) is 11.6 Å². The minimum absolute atomic E-state index is 0.165. The number of Topliss-reactive ketones (excluding diaryl/α,β-unsaturated/α-hetero) is 1. The molecule has 0 aromatic heterocycles. The molecule has 0 saturated carbocycles. The van der Waals surface area contributed by atoms with Crippen LogP contribution in [0.2, 0.25) is 5.02 Å². The first kappa shape index (κ1) is 16.7. The molecule has 3 heteroatoms. The highest BCUT2D eigenvalue weighted by Crippen LogP contribution is 2.13. The van der Waals surface area contributed by atoms with Gasteiger partial charge in [0.2, 0.25) is 0 Å². The van der Waals surface area contributed by atoms with E-state index >= 15 is 0 Å². The van der Waals surface area contributed by atoms with E-state index in [1.54, 1.807) is 12.1 Å².